The smallest absolute Gasteiger partial charge is 1.00 e. The Morgan fingerprint density at radius 2 is 1.08 bits per heavy atom. The van der Waals surface area contributed by atoms with Gasteiger partial charge in [-0.3, -0.25) is 0 Å². The van der Waals surface area contributed by atoms with Crippen LogP contribution in [0.5, 0.6) is 0 Å². The minimum atomic E-state index is 0. The zero-order chi connectivity index (χ0) is 15.7. The second-order valence-corrected chi connectivity index (χ2v) is 6.86. The van der Waals surface area contributed by atoms with Gasteiger partial charge in [0.2, 0.25) is 0 Å². The van der Waals surface area contributed by atoms with Crippen LogP contribution in [0.4, 0.5) is 0 Å². The van der Waals surface area contributed by atoms with E-state index in [9.17, 15) is 0 Å². The van der Waals surface area contributed by atoms with Crippen molar-refractivity contribution in [3.05, 3.63) is 24.4 Å². The maximum atomic E-state index is 2.42. The van der Waals surface area contributed by atoms with E-state index in [0.717, 1.165) is 6.54 Å². The van der Waals surface area contributed by atoms with Crippen LogP contribution in [0.1, 0.15) is 96.8 Å². The van der Waals surface area contributed by atoms with Crippen LogP contribution in [-0.4, -0.2) is 18.0 Å². The number of unbranched alkanes of at least 4 members (excludes halogenated alkanes) is 13. The van der Waals surface area contributed by atoms with Crippen LogP contribution in [0.25, 0.3) is 0 Å². The Kier molecular flexibility index (Phi) is 29.4. The molecule has 0 amide bonds. The van der Waals surface area contributed by atoms with Gasteiger partial charge in [0.1, 0.15) is 0 Å². The summed E-state index contributed by atoms with van der Waals surface area (Å²) in [4.78, 5) is 2.42. The van der Waals surface area contributed by atoms with Crippen LogP contribution in [0.3, 0.4) is 0 Å². The van der Waals surface area contributed by atoms with Crippen LogP contribution < -0.4 is 24.8 Å². The third kappa shape index (κ3) is 20.5. The zero-order valence-electron chi connectivity index (χ0n) is 16.2. The van der Waals surface area contributed by atoms with Gasteiger partial charge in [-0.15, -0.1) is 0 Å². The van der Waals surface area contributed by atoms with Gasteiger partial charge in [-0.05, 0) is 18.7 Å². The fraction of sp³-hybridized carbons (Fsp3) is 0.810. The summed E-state index contributed by atoms with van der Waals surface area (Å²) in [5, 5.41) is 0. The molecule has 1 aliphatic rings. The van der Waals surface area contributed by atoms with Gasteiger partial charge in [0.15, 0.2) is 0 Å². The van der Waals surface area contributed by atoms with Crippen LogP contribution in [0.2, 0.25) is 0 Å². The van der Waals surface area contributed by atoms with Gasteiger partial charge in [0.05, 0.1) is 0 Å². The molecule has 1 radical (unpaired) electrons. The molecule has 1 nitrogen and oxygen atoms in total. The van der Waals surface area contributed by atoms with Crippen molar-refractivity contribution in [2.45, 2.75) is 96.8 Å². The quantitative estimate of drug-likeness (QED) is 0.275. The summed E-state index contributed by atoms with van der Waals surface area (Å²) in [5.41, 5.74) is 0. The van der Waals surface area contributed by atoms with E-state index in [4.69, 9.17) is 0 Å². The maximum absolute atomic E-state index is 2.42. The molecule has 0 saturated heterocycles. The summed E-state index contributed by atoms with van der Waals surface area (Å²) in [7, 11) is 0. The topological polar surface area (TPSA) is 3.24 Å². The predicted molar refractivity (Wildman–Crippen MR) is 100 cm³/mol. The normalized spacial score (nSPS) is 12.3. The van der Waals surface area contributed by atoms with Gasteiger partial charge in [0.25, 0.3) is 0 Å². The number of hydrogen-bond donors (Lipinski definition) is 0. The van der Waals surface area contributed by atoms with Crippen molar-refractivity contribution >= 4 is 0 Å². The molecule has 0 saturated carbocycles. The first kappa shape index (κ1) is 30.1. The van der Waals surface area contributed by atoms with Gasteiger partial charge >= 0.3 is 17.1 Å². The average Bonchev–Trinajstić information content (AvgIpc) is 2.56. The molecule has 0 aromatic rings. The van der Waals surface area contributed by atoms with Crippen LogP contribution in [-0.2, 0) is 17.1 Å². The van der Waals surface area contributed by atoms with Crippen molar-refractivity contribution in [3.63, 3.8) is 0 Å². The van der Waals surface area contributed by atoms with Gasteiger partial charge in [-0.25, -0.2) is 0 Å². The van der Waals surface area contributed by atoms with Gasteiger partial charge in [-0.2, -0.15) is 0 Å². The second-order valence-electron chi connectivity index (χ2n) is 6.86. The van der Waals surface area contributed by atoms with E-state index < -0.39 is 0 Å². The molecule has 0 aromatic heterocycles. The Bertz CT molecular complexity index is 296. The molecule has 0 atom stereocenters. The first-order chi connectivity index (χ1) is 10.9. The van der Waals surface area contributed by atoms with E-state index in [1.165, 1.54) is 96.4 Å². The molecule has 0 spiro atoms. The Morgan fingerprint density at radius 1 is 0.640 bits per heavy atom. The molecule has 0 aromatic carbocycles. The first-order valence-electron chi connectivity index (χ1n) is 10.0. The van der Waals surface area contributed by atoms with Crippen molar-refractivity contribution in [3.8, 4) is 0 Å². The van der Waals surface area contributed by atoms with Crippen molar-refractivity contribution in [2.24, 2.45) is 0 Å². The molecule has 0 bridgehead atoms. The van der Waals surface area contributed by atoms with E-state index in [1.807, 2.05) is 0 Å². The van der Waals surface area contributed by atoms with Crippen molar-refractivity contribution in [2.75, 3.05) is 13.1 Å². The summed E-state index contributed by atoms with van der Waals surface area (Å²) in [6.45, 7) is 4.63. The number of allylic oxidation sites excluding steroid dienone is 2. The van der Waals surface area contributed by atoms with Crippen molar-refractivity contribution in [1.82, 2.24) is 4.90 Å². The summed E-state index contributed by atoms with van der Waals surface area (Å²) in [6, 6.07) is 0. The number of hydrogen-bond acceptors (Lipinski definition) is 1. The van der Waals surface area contributed by atoms with E-state index in [2.05, 4.69) is 36.3 Å². The minimum absolute atomic E-state index is 0. The van der Waals surface area contributed by atoms with Crippen molar-refractivity contribution < 1.29 is 41.9 Å². The van der Waals surface area contributed by atoms with Gasteiger partial charge < -0.3 is 29.7 Å². The largest absolute Gasteiger partial charge is 2.00 e. The average molecular weight is 431 g/mol. The number of halogens is 2. The molecule has 0 N–H and O–H groups in total. The fourth-order valence-electron chi connectivity index (χ4n) is 3.18. The molecular formula is C21H39Cl2MnN. The molecule has 4 heteroatoms. The third-order valence-corrected chi connectivity index (χ3v) is 4.68. The molecule has 1 aliphatic heterocycles. The summed E-state index contributed by atoms with van der Waals surface area (Å²) < 4.78 is 0. The molecule has 0 unspecified atom stereocenters. The van der Waals surface area contributed by atoms with E-state index >= 15 is 0 Å². The molecular weight excluding hydrogens is 392 g/mol. The monoisotopic (exact) mass is 430 g/mol. The van der Waals surface area contributed by atoms with E-state index in [0.29, 0.717) is 0 Å². The molecule has 1 heterocycles. The second kappa shape index (κ2) is 24.4. The van der Waals surface area contributed by atoms with E-state index in [-0.39, 0.29) is 41.9 Å². The fourth-order valence-corrected chi connectivity index (χ4v) is 3.18. The maximum Gasteiger partial charge on any atom is 2.00 e. The number of nitrogens with zero attached hydrogens (tertiary/aromatic N) is 1. The third-order valence-electron chi connectivity index (χ3n) is 4.68. The van der Waals surface area contributed by atoms with Crippen LogP contribution >= 0.6 is 0 Å². The van der Waals surface area contributed by atoms with Crippen molar-refractivity contribution in [1.29, 1.82) is 0 Å². The Morgan fingerprint density at radius 3 is 1.48 bits per heavy atom. The Labute approximate surface area is 180 Å². The molecule has 0 fully saturated rings. The van der Waals surface area contributed by atoms with Gasteiger partial charge in [-0.1, -0.05) is 103 Å². The first-order valence-corrected chi connectivity index (χ1v) is 10.0. The van der Waals surface area contributed by atoms with Crippen LogP contribution in [0, 0.1) is 0 Å². The summed E-state index contributed by atoms with van der Waals surface area (Å²) in [5.74, 6) is 0. The minimum Gasteiger partial charge on any atom is -1.00 e. The van der Waals surface area contributed by atoms with Gasteiger partial charge in [0, 0.05) is 13.1 Å². The van der Waals surface area contributed by atoms with E-state index in [1.54, 1.807) is 0 Å². The SMILES string of the molecule is CCCCCCCCCCCCCCCCN1C=CC=CC1.[Cl-].[Cl-].[Mn+2]. The summed E-state index contributed by atoms with van der Waals surface area (Å²) >= 11 is 0. The van der Waals surface area contributed by atoms with Crippen LogP contribution in [0.15, 0.2) is 24.4 Å². The zero-order valence-corrected chi connectivity index (χ0v) is 18.9. The summed E-state index contributed by atoms with van der Waals surface area (Å²) in [6.07, 6.45) is 28.9. The molecule has 1 rings (SSSR count). The molecule has 149 valence electrons. The predicted octanol–water partition coefficient (Wildman–Crippen LogP) is 0.859. The molecule has 0 aliphatic carbocycles. The Balaban J connectivity index is -0.00000161. The Hall–Kier alpha value is 0.379. The standard InChI is InChI=1S/C21H39N.2ClH.Mn/c1-2-3-4-5-6-7-8-9-10-11-12-13-14-16-19-22-20-17-15-18-21-22;;;/h15,17-18,20H,2-14,16,19,21H2,1H3;2*1H;/q;;;+2/p-2. The number of rotatable bonds is 15. The molecule has 25 heavy (non-hydrogen) atoms.